The van der Waals surface area contributed by atoms with Crippen LogP contribution >= 0.6 is 0 Å². The van der Waals surface area contributed by atoms with Crippen LogP contribution in [0.1, 0.15) is 15.9 Å². The molecule has 0 bridgehead atoms. The lowest BCUT2D eigenvalue weighted by Crippen LogP contribution is -2.19. The normalized spacial score (nSPS) is 11.2. The molecule has 0 saturated heterocycles. The number of ketones is 1. The average Bonchev–Trinajstić information content (AvgIpc) is 2.37. The summed E-state index contributed by atoms with van der Waals surface area (Å²) in [4.78, 5) is 15.8. The minimum atomic E-state index is -4.96. The predicted octanol–water partition coefficient (Wildman–Crippen LogP) is 2.92. The highest BCUT2D eigenvalue weighted by molar-refractivity contribution is 6.12. The Balaban J connectivity index is 2.48. The number of pyridine rings is 1. The summed E-state index contributed by atoms with van der Waals surface area (Å²) in [5, 5.41) is 9.64. The fraction of sp³-hybridized carbons (Fsp3) is 0.0769. The molecule has 1 aromatic carbocycles. The number of phenols is 1. The Morgan fingerprint density at radius 1 is 1.15 bits per heavy atom. The van der Waals surface area contributed by atoms with Crippen LogP contribution in [-0.2, 0) is 0 Å². The molecule has 0 aliphatic carbocycles. The zero-order chi connectivity index (χ0) is 14.8. The second kappa shape index (κ2) is 5.20. The first kappa shape index (κ1) is 13.9. The number of ether oxygens (including phenoxy) is 1. The number of benzene rings is 1. The third-order valence-corrected chi connectivity index (χ3v) is 2.40. The number of aromatic nitrogens is 1. The van der Waals surface area contributed by atoms with Gasteiger partial charge in [-0.25, -0.2) is 0 Å². The fourth-order valence-electron chi connectivity index (χ4n) is 1.61. The van der Waals surface area contributed by atoms with Crippen molar-refractivity contribution in [3.63, 3.8) is 0 Å². The van der Waals surface area contributed by atoms with Gasteiger partial charge in [0.2, 0.25) is 5.78 Å². The highest BCUT2D eigenvalue weighted by atomic mass is 19.4. The molecule has 2 aromatic rings. The van der Waals surface area contributed by atoms with Gasteiger partial charge < -0.3 is 9.84 Å². The molecule has 1 N–H and O–H groups in total. The molecule has 0 atom stereocenters. The molecule has 0 spiro atoms. The summed E-state index contributed by atoms with van der Waals surface area (Å²) in [7, 11) is 0. The molecule has 20 heavy (non-hydrogen) atoms. The van der Waals surface area contributed by atoms with Crippen molar-refractivity contribution in [1.82, 2.24) is 4.98 Å². The van der Waals surface area contributed by atoms with Gasteiger partial charge in [-0.05, 0) is 24.3 Å². The van der Waals surface area contributed by atoms with Crippen LogP contribution in [0.3, 0.4) is 0 Å². The lowest BCUT2D eigenvalue weighted by molar-refractivity contribution is -0.274. The Kier molecular flexibility index (Phi) is 3.60. The van der Waals surface area contributed by atoms with Crippen molar-refractivity contribution in [2.75, 3.05) is 0 Å². The largest absolute Gasteiger partial charge is 0.573 e. The summed E-state index contributed by atoms with van der Waals surface area (Å²) in [6.45, 7) is 0. The van der Waals surface area contributed by atoms with Crippen molar-refractivity contribution in [3.8, 4) is 11.5 Å². The van der Waals surface area contributed by atoms with Crippen LogP contribution in [0.15, 0.2) is 42.7 Å². The minimum absolute atomic E-state index is 0.0912. The van der Waals surface area contributed by atoms with Gasteiger partial charge in [-0.15, -0.1) is 13.2 Å². The van der Waals surface area contributed by atoms with E-state index in [1.807, 2.05) is 0 Å². The van der Waals surface area contributed by atoms with Crippen LogP contribution in [0.25, 0.3) is 0 Å². The zero-order valence-corrected chi connectivity index (χ0v) is 9.89. The Hall–Kier alpha value is -2.57. The van der Waals surface area contributed by atoms with E-state index < -0.39 is 29.2 Å². The van der Waals surface area contributed by atoms with E-state index >= 15 is 0 Å². The monoisotopic (exact) mass is 283 g/mol. The average molecular weight is 283 g/mol. The number of nitrogens with zero attached hydrogens (tertiary/aromatic N) is 1. The maximum atomic E-state index is 12.3. The van der Waals surface area contributed by atoms with Crippen molar-refractivity contribution in [3.05, 3.63) is 53.9 Å². The Labute approximate surface area is 111 Å². The molecule has 4 nitrogen and oxygen atoms in total. The number of aromatic hydroxyl groups is 1. The first-order valence-electron chi connectivity index (χ1n) is 5.41. The van der Waals surface area contributed by atoms with Gasteiger partial charge in [-0.1, -0.05) is 6.07 Å². The maximum absolute atomic E-state index is 12.3. The van der Waals surface area contributed by atoms with Gasteiger partial charge in [-0.2, -0.15) is 0 Å². The number of halogens is 3. The molecule has 0 unspecified atom stereocenters. The molecule has 2 rings (SSSR count). The molecule has 0 aliphatic rings. The molecule has 104 valence electrons. The minimum Gasteiger partial charge on any atom is -0.507 e. The molecule has 7 heteroatoms. The van der Waals surface area contributed by atoms with E-state index in [9.17, 15) is 23.1 Å². The molecule has 0 radical (unpaired) electrons. The standard InChI is InChI=1S/C13H8F3NO3/c14-13(15,16)20-10-3-1-2-9(18)11(10)12(19)8-4-6-17-7-5-8/h1-7,18H. The van der Waals surface area contributed by atoms with Crippen molar-refractivity contribution in [1.29, 1.82) is 0 Å². The maximum Gasteiger partial charge on any atom is 0.573 e. The summed E-state index contributed by atoms with van der Waals surface area (Å²) in [6, 6.07) is 5.87. The van der Waals surface area contributed by atoms with E-state index in [1.165, 1.54) is 24.5 Å². The number of rotatable bonds is 3. The molecule has 0 saturated carbocycles. The van der Waals surface area contributed by atoms with E-state index in [-0.39, 0.29) is 5.56 Å². The van der Waals surface area contributed by atoms with Gasteiger partial charge in [0.05, 0.1) is 0 Å². The third kappa shape index (κ3) is 3.05. The lowest BCUT2D eigenvalue weighted by Gasteiger charge is -2.13. The van der Waals surface area contributed by atoms with Crippen LogP contribution in [0, 0.1) is 0 Å². The number of hydrogen-bond acceptors (Lipinski definition) is 4. The molecule has 0 fully saturated rings. The summed E-state index contributed by atoms with van der Waals surface area (Å²) in [5.41, 5.74) is -0.454. The van der Waals surface area contributed by atoms with Crippen LogP contribution in [-0.4, -0.2) is 22.2 Å². The second-order valence-corrected chi connectivity index (χ2v) is 3.76. The second-order valence-electron chi connectivity index (χ2n) is 3.76. The van der Waals surface area contributed by atoms with Gasteiger partial charge in [-0.3, -0.25) is 9.78 Å². The number of carbonyl (C=O) groups is 1. The van der Waals surface area contributed by atoms with Gasteiger partial charge in [0.1, 0.15) is 17.1 Å². The molecule has 0 aliphatic heterocycles. The quantitative estimate of drug-likeness (QED) is 0.880. The van der Waals surface area contributed by atoms with Crippen LogP contribution in [0.5, 0.6) is 11.5 Å². The topological polar surface area (TPSA) is 59.4 Å². The van der Waals surface area contributed by atoms with Crippen LogP contribution in [0.4, 0.5) is 13.2 Å². The summed E-state index contributed by atoms with van der Waals surface area (Å²) < 4.78 is 40.6. The van der Waals surface area contributed by atoms with Gasteiger partial charge >= 0.3 is 6.36 Å². The summed E-state index contributed by atoms with van der Waals surface area (Å²) in [6.07, 6.45) is -2.32. The van der Waals surface area contributed by atoms with Gasteiger partial charge in [0.25, 0.3) is 0 Å². The van der Waals surface area contributed by atoms with Crippen molar-refractivity contribution in [2.45, 2.75) is 6.36 Å². The Morgan fingerprint density at radius 2 is 1.80 bits per heavy atom. The molecule has 0 amide bonds. The number of hydrogen-bond donors (Lipinski definition) is 1. The molecule has 1 aromatic heterocycles. The SMILES string of the molecule is O=C(c1ccncc1)c1c(O)cccc1OC(F)(F)F. The van der Waals surface area contributed by atoms with E-state index in [0.29, 0.717) is 0 Å². The third-order valence-electron chi connectivity index (χ3n) is 2.40. The number of alkyl halides is 3. The Morgan fingerprint density at radius 3 is 2.40 bits per heavy atom. The zero-order valence-electron chi connectivity index (χ0n) is 9.89. The van der Waals surface area contributed by atoms with Gasteiger partial charge in [0.15, 0.2) is 0 Å². The van der Waals surface area contributed by atoms with E-state index in [1.54, 1.807) is 0 Å². The highest BCUT2D eigenvalue weighted by Crippen LogP contribution is 2.33. The first-order chi connectivity index (χ1) is 9.38. The van der Waals surface area contributed by atoms with Crippen molar-refractivity contribution < 1.29 is 27.8 Å². The van der Waals surface area contributed by atoms with Gasteiger partial charge in [0, 0.05) is 18.0 Å². The first-order valence-corrected chi connectivity index (χ1v) is 5.41. The van der Waals surface area contributed by atoms with Crippen LogP contribution in [0.2, 0.25) is 0 Å². The molecule has 1 heterocycles. The van der Waals surface area contributed by atoms with Crippen molar-refractivity contribution >= 4 is 5.78 Å². The van der Waals surface area contributed by atoms with Crippen molar-refractivity contribution in [2.24, 2.45) is 0 Å². The lowest BCUT2D eigenvalue weighted by atomic mass is 10.0. The molecular formula is C13H8F3NO3. The van der Waals surface area contributed by atoms with E-state index in [0.717, 1.165) is 18.2 Å². The number of carbonyl (C=O) groups excluding carboxylic acids is 1. The molecular weight excluding hydrogens is 275 g/mol. The fourth-order valence-corrected chi connectivity index (χ4v) is 1.61. The Bertz CT molecular complexity index is 627. The highest BCUT2D eigenvalue weighted by Gasteiger charge is 2.33. The van der Waals surface area contributed by atoms with E-state index in [2.05, 4.69) is 9.72 Å². The smallest absolute Gasteiger partial charge is 0.507 e. The van der Waals surface area contributed by atoms with Crippen LogP contribution < -0.4 is 4.74 Å². The summed E-state index contributed by atoms with van der Waals surface area (Å²) in [5.74, 6) is -2.13. The number of phenolic OH excluding ortho intramolecular Hbond substituents is 1. The predicted molar refractivity (Wildman–Crippen MR) is 62.5 cm³/mol. The van der Waals surface area contributed by atoms with E-state index in [4.69, 9.17) is 0 Å². The summed E-state index contributed by atoms with van der Waals surface area (Å²) >= 11 is 0.